The van der Waals surface area contributed by atoms with Crippen molar-refractivity contribution in [2.45, 2.75) is 46.5 Å². The molecule has 1 heterocycles. The van der Waals surface area contributed by atoms with E-state index in [2.05, 4.69) is 29.9 Å². The average molecular weight is 316 g/mol. The molecule has 0 aliphatic rings. The third-order valence-electron chi connectivity index (χ3n) is 4.04. The Morgan fingerprint density at radius 3 is 2.52 bits per heavy atom. The quantitative estimate of drug-likeness (QED) is 0.558. The number of aromatic nitrogens is 1. The Kier molecular flexibility index (Phi) is 6.66. The number of nitrogens with zero attached hydrogens (tertiary/aromatic N) is 1. The molecule has 4 heteroatoms. The Morgan fingerprint density at radius 1 is 1.13 bits per heavy atom. The van der Waals surface area contributed by atoms with Crippen LogP contribution >= 0.6 is 0 Å². The number of benzene rings is 1. The number of hydrogen-bond donors (Lipinski definition) is 1. The number of carbonyl (C=O) groups excluding carboxylic acids is 1. The van der Waals surface area contributed by atoms with Crippen LogP contribution in [0.5, 0.6) is 5.75 Å². The molecular weight excluding hydrogens is 288 g/mol. The fourth-order valence-electron chi connectivity index (χ4n) is 2.89. The Bertz CT molecular complexity index is 627. The van der Waals surface area contributed by atoms with Gasteiger partial charge >= 0.3 is 5.97 Å². The van der Waals surface area contributed by atoms with E-state index < -0.39 is 0 Å². The molecule has 1 N–H and O–H groups in total. The maximum Gasteiger partial charge on any atom is 0.310 e. The van der Waals surface area contributed by atoms with E-state index in [1.807, 2.05) is 18.2 Å². The Hall–Kier alpha value is -1.81. The molecule has 0 aliphatic carbocycles. The lowest BCUT2D eigenvalue weighted by atomic mass is 10.1. The van der Waals surface area contributed by atoms with E-state index in [9.17, 15) is 4.79 Å². The van der Waals surface area contributed by atoms with Gasteiger partial charge in [-0.05, 0) is 50.0 Å². The Balaban J connectivity index is 2.06. The molecule has 0 bridgehead atoms. The van der Waals surface area contributed by atoms with Crippen LogP contribution in [0.2, 0.25) is 0 Å². The summed E-state index contributed by atoms with van der Waals surface area (Å²) < 4.78 is 5.28. The van der Waals surface area contributed by atoms with Crippen molar-refractivity contribution in [1.82, 2.24) is 9.88 Å². The summed E-state index contributed by atoms with van der Waals surface area (Å²) in [5.41, 5.74) is 2.35. The number of H-pyrrole nitrogens is 1. The first-order chi connectivity index (χ1) is 11.2. The Morgan fingerprint density at radius 2 is 1.87 bits per heavy atom. The first-order valence-corrected chi connectivity index (χ1v) is 8.70. The number of ether oxygens (including phenoxy) is 1. The van der Waals surface area contributed by atoms with E-state index in [0.717, 1.165) is 31.6 Å². The molecule has 0 fully saturated rings. The van der Waals surface area contributed by atoms with Gasteiger partial charge in [-0.25, -0.2) is 0 Å². The van der Waals surface area contributed by atoms with Gasteiger partial charge in [0.05, 0.1) is 0 Å². The summed E-state index contributed by atoms with van der Waals surface area (Å²) in [6.07, 6.45) is 5.89. The van der Waals surface area contributed by atoms with E-state index in [1.54, 1.807) is 6.92 Å². The number of hydrogen-bond acceptors (Lipinski definition) is 3. The zero-order valence-electron chi connectivity index (χ0n) is 14.5. The van der Waals surface area contributed by atoms with Gasteiger partial charge < -0.3 is 14.6 Å². The molecule has 0 aliphatic heterocycles. The molecule has 1 aromatic carbocycles. The van der Waals surface area contributed by atoms with Gasteiger partial charge in [0.15, 0.2) is 0 Å². The van der Waals surface area contributed by atoms with Gasteiger partial charge in [0, 0.05) is 36.1 Å². The SMILES string of the molecule is CCCN(CCC)CCc1c[nH]c2cc(OC(=O)CC)ccc12. The summed E-state index contributed by atoms with van der Waals surface area (Å²) in [5, 5.41) is 1.22. The van der Waals surface area contributed by atoms with Crippen LogP contribution in [-0.4, -0.2) is 35.5 Å². The average Bonchev–Trinajstić information content (AvgIpc) is 2.95. The number of carbonyl (C=O) groups is 1. The zero-order chi connectivity index (χ0) is 16.7. The van der Waals surface area contributed by atoms with Gasteiger partial charge in [-0.1, -0.05) is 20.8 Å². The smallest absolute Gasteiger partial charge is 0.310 e. The molecule has 0 spiro atoms. The number of aromatic amines is 1. The molecule has 2 aromatic rings. The molecule has 0 unspecified atom stereocenters. The fraction of sp³-hybridized carbons (Fsp3) is 0.526. The minimum Gasteiger partial charge on any atom is -0.426 e. The van der Waals surface area contributed by atoms with Crippen molar-refractivity contribution in [1.29, 1.82) is 0 Å². The maximum absolute atomic E-state index is 11.4. The molecule has 0 radical (unpaired) electrons. The second-order valence-corrected chi connectivity index (χ2v) is 5.94. The Labute approximate surface area is 138 Å². The number of nitrogens with one attached hydrogen (secondary N) is 1. The molecule has 4 nitrogen and oxygen atoms in total. The van der Waals surface area contributed by atoms with E-state index in [1.165, 1.54) is 23.8 Å². The maximum atomic E-state index is 11.4. The predicted molar refractivity (Wildman–Crippen MR) is 95.0 cm³/mol. The summed E-state index contributed by atoms with van der Waals surface area (Å²) in [6.45, 7) is 9.66. The topological polar surface area (TPSA) is 45.3 Å². The first kappa shape index (κ1) is 17.5. The number of esters is 1. The third kappa shape index (κ3) is 4.83. The van der Waals surface area contributed by atoms with Crippen molar-refractivity contribution < 1.29 is 9.53 Å². The van der Waals surface area contributed by atoms with Crippen LogP contribution in [0.3, 0.4) is 0 Å². The highest BCUT2D eigenvalue weighted by molar-refractivity contribution is 5.85. The van der Waals surface area contributed by atoms with Crippen molar-refractivity contribution in [2.75, 3.05) is 19.6 Å². The van der Waals surface area contributed by atoms with E-state index in [4.69, 9.17) is 4.74 Å². The van der Waals surface area contributed by atoms with Gasteiger partial charge in [-0.15, -0.1) is 0 Å². The highest BCUT2D eigenvalue weighted by Gasteiger charge is 2.09. The van der Waals surface area contributed by atoms with Crippen molar-refractivity contribution in [3.8, 4) is 5.75 Å². The molecule has 0 saturated carbocycles. The summed E-state index contributed by atoms with van der Waals surface area (Å²) in [7, 11) is 0. The van der Waals surface area contributed by atoms with Gasteiger partial charge in [0.1, 0.15) is 5.75 Å². The van der Waals surface area contributed by atoms with Crippen molar-refractivity contribution >= 4 is 16.9 Å². The van der Waals surface area contributed by atoms with Crippen LogP contribution in [0.25, 0.3) is 10.9 Å². The van der Waals surface area contributed by atoms with Crippen molar-refractivity contribution in [3.63, 3.8) is 0 Å². The largest absolute Gasteiger partial charge is 0.426 e. The van der Waals surface area contributed by atoms with Crippen LogP contribution in [0, 0.1) is 0 Å². The van der Waals surface area contributed by atoms with Crippen LogP contribution in [0.1, 0.15) is 45.6 Å². The second kappa shape index (κ2) is 8.73. The minimum atomic E-state index is -0.203. The monoisotopic (exact) mass is 316 g/mol. The highest BCUT2D eigenvalue weighted by atomic mass is 16.5. The van der Waals surface area contributed by atoms with Crippen molar-refractivity contribution in [3.05, 3.63) is 30.0 Å². The number of rotatable bonds is 9. The van der Waals surface area contributed by atoms with Crippen LogP contribution in [0.4, 0.5) is 0 Å². The van der Waals surface area contributed by atoms with Gasteiger partial charge in [-0.3, -0.25) is 4.79 Å². The molecule has 23 heavy (non-hydrogen) atoms. The molecular formula is C19H28N2O2. The van der Waals surface area contributed by atoms with Crippen LogP contribution in [-0.2, 0) is 11.2 Å². The van der Waals surface area contributed by atoms with E-state index in [-0.39, 0.29) is 5.97 Å². The van der Waals surface area contributed by atoms with Crippen LogP contribution in [0.15, 0.2) is 24.4 Å². The van der Waals surface area contributed by atoms with E-state index in [0.29, 0.717) is 12.2 Å². The summed E-state index contributed by atoms with van der Waals surface area (Å²) >= 11 is 0. The van der Waals surface area contributed by atoms with Crippen molar-refractivity contribution in [2.24, 2.45) is 0 Å². The number of fused-ring (bicyclic) bond motifs is 1. The van der Waals surface area contributed by atoms with Gasteiger partial charge in [-0.2, -0.15) is 0 Å². The molecule has 0 saturated heterocycles. The molecule has 0 amide bonds. The molecule has 1 aromatic heterocycles. The highest BCUT2D eigenvalue weighted by Crippen LogP contribution is 2.24. The zero-order valence-corrected chi connectivity index (χ0v) is 14.5. The third-order valence-corrected chi connectivity index (χ3v) is 4.04. The summed E-state index contributed by atoms with van der Waals surface area (Å²) in [5.74, 6) is 0.405. The molecule has 126 valence electrons. The molecule has 0 atom stereocenters. The van der Waals surface area contributed by atoms with Gasteiger partial charge in [0.2, 0.25) is 0 Å². The minimum absolute atomic E-state index is 0.203. The predicted octanol–water partition coefficient (Wildman–Crippen LogP) is 4.15. The van der Waals surface area contributed by atoms with Crippen LogP contribution < -0.4 is 4.74 Å². The lowest BCUT2D eigenvalue weighted by molar-refractivity contribution is -0.134. The normalized spacial score (nSPS) is 11.3. The fourth-order valence-corrected chi connectivity index (χ4v) is 2.89. The van der Waals surface area contributed by atoms with Gasteiger partial charge in [0.25, 0.3) is 0 Å². The lowest BCUT2D eigenvalue weighted by Gasteiger charge is -2.20. The lowest BCUT2D eigenvalue weighted by Crippen LogP contribution is -2.27. The second-order valence-electron chi connectivity index (χ2n) is 5.94. The summed E-state index contributed by atoms with van der Waals surface area (Å²) in [6, 6.07) is 5.83. The molecule has 2 rings (SSSR count). The first-order valence-electron chi connectivity index (χ1n) is 8.70. The standard InChI is InChI=1S/C19H28N2O2/c1-4-10-21(11-5-2)12-9-15-14-20-18-13-16(7-8-17(15)18)23-19(22)6-3/h7-8,13-14,20H,4-6,9-12H2,1-3H3. The summed E-state index contributed by atoms with van der Waals surface area (Å²) in [4.78, 5) is 17.2. The van der Waals surface area contributed by atoms with E-state index >= 15 is 0 Å².